The first-order valence-corrected chi connectivity index (χ1v) is 6.03. The zero-order valence-corrected chi connectivity index (χ0v) is 10.8. The lowest BCUT2D eigenvalue weighted by Gasteiger charge is -2.13. The Bertz CT molecular complexity index is 642. The first-order valence-electron chi connectivity index (χ1n) is 6.03. The van der Waals surface area contributed by atoms with Crippen molar-refractivity contribution in [3.63, 3.8) is 0 Å². The molecule has 0 fully saturated rings. The fraction of sp³-hybridized carbons (Fsp3) is 0.143. The number of benzene rings is 1. The van der Waals surface area contributed by atoms with Crippen molar-refractivity contribution < 1.29 is 18.0 Å². The number of nitrogens with two attached hydrogens (primary N) is 1. The molecule has 2 rings (SSSR count). The fourth-order valence-corrected chi connectivity index (χ4v) is 1.78. The van der Waals surface area contributed by atoms with E-state index in [1.807, 2.05) is 0 Å². The number of aromatic nitrogens is 1. The lowest BCUT2D eigenvalue weighted by Crippen LogP contribution is -2.25. The molecule has 3 N–H and O–H groups in total. The molecule has 0 radical (unpaired) electrons. The number of carbonyl (C=O) groups is 1. The Morgan fingerprint density at radius 2 is 1.95 bits per heavy atom. The summed E-state index contributed by atoms with van der Waals surface area (Å²) in [5, 5.41) is 2.49. The van der Waals surface area contributed by atoms with Gasteiger partial charge in [0.1, 0.15) is 0 Å². The number of para-hydroxylation sites is 1. The maximum atomic E-state index is 12.7. The molecule has 1 amide bonds. The molecule has 110 valence electrons. The van der Waals surface area contributed by atoms with Crippen LogP contribution in [0.1, 0.15) is 21.6 Å². The van der Waals surface area contributed by atoms with Crippen LogP contribution < -0.4 is 11.1 Å². The maximum Gasteiger partial charge on any atom is 0.418 e. The summed E-state index contributed by atoms with van der Waals surface area (Å²) in [7, 11) is 0. The number of amides is 1. The molecule has 1 heterocycles. The van der Waals surface area contributed by atoms with Gasteiger partial charge in [0, 0.05) is 6.20 Å². The van der Waals surface area contributed by atoms with Crippen molar-refractivity contribution in [2.45, 2.75) is 12.7 Å². The van der Waals surface area contributed by atoms with Gasteiger partial charge in [0.25, 0.3) is 5.91 Å². The van der Waals surface area contributed by atoms with E-state index in [0.717, 1.165) is 12.1 Å². The van der Waals surface area contributed by atoms with Crippen LogP contribution >= 0.6 is 0 Å². The van der Waals surface area contributed by atoms with Gasteiger partial charge in [-0.25, -0.2) is 0 Å². The van der Waals surface area contributed by atoms with Crippen LogP contribution in [-0.4, -0.2) is 10.9 Å². The van der Waals surface area contributed by atoms with Gasteiger partial charge in [-0.1, -0.05) is 12.1 Å². The van der Waals surface area contributed by atoms with E-state index in [1.54, 1.807) is 24.4 Å². The molecular formula is C14H12F3N3O. The number of rotatable bonds is 3. The van der Waals surface area contributed by atoms with Gasteiger partial charge in [0.15, 0.2) is 0 Å². The quantitative estimate of drug-likeness (QED) is 0.855. The molecule has 0 saturated heterocycles. The second-order valence-electron chi connectivity index (χ2n) is 4.27. The third kappa shape index (κ3) is 3.50. The molecule has 0 bridgehead atoms. The Kier molecular flexibility index (Phi) is 4.11. The van der Waals surface area contributed by atoms with Crippen molar-refractivity contribution in [1.29, 1.82) is 0 Å². The van der Waals surface area contributed by atoms with Gasteiger partial charge in [-0.3, -0.25) is 9.78 Å². The van der Waals surface area contributed by atoms with Crippen molar-refractivity contribution in [3.8, 4) is 0 Å². The van der Waals surface area contributed by atoms with Crippen molar-refractivity contribution in [3.05, 3.63) is 59.4 Å². The molecule has 2 aromatic rings. The van der Waals surface area contributed by atoms with Gasteiger partial charge < -0.3 is 11.1 Å². The zero-order valence-electron chi connectivity index (χ0n) is 10.8. The lowest BCUT2D eigenvalue weighted by atomic mass is 10.1. The second-order valence-corrected chi connectivity index (χ2v) is 4.27. The van der Waals surface area contributed by atoms with Gasteiger partial charge >= 0.3 is 6.18 Å². The lowest BCUT2D eigenvalue weighted by molar-refractivity contribution is -0.136. The summed E-state index contributed by atoms with van der Waals surface area (Å²) in [6, 6.07) is 8.39. The van der Waals surface area contributed by atoms with Gasteiger partial charge in [0.05, 0.1) is 29.1 Å². The molecule has 7 heteroatoms. The predicted octanol–water partition coefficient (Wildman–Crippen LogP) is 2.61. The molecule has 1 aromatic carbocycles. The third-order valence-electron chi connectivity index (χ3n) is 2.81. The molecular weight excluding hydrogens is 283 g/mol. The third-order valence-corrected chi connectivity index (χ3v) is 2.81. The predicted molar refractivity (Wildman–Crippen MR) is 71.3 cm³/mol. The van der Waals surface area contributed by atoms with Crippen molar-refractivity contribution in [2.75, 3.05) is 5.73 Å². The Balaban J connectivity index is 2.17. The van der Waals surface area contributed by atoms with Gasteiger partial charge in [-0.05, 0) is 24.3 Å². The van der Waals surface area contributed by atoms with E-state index in [1.165, 1.54) is 6.07 Å². The summed E-state index contributed by atoms with van der Waals surface area (Å²) in [5.41, 5.74) is 4.23. The van der Waals surface area contributed by atoms with Crippen molar-refractivity contribution in [1.82, 2.24) is 10.3 Å². The average molecular weight is 295 g/mol. The number of nitrogens with one attached hydrogen (secondary N) is 1. The van der Waals surface area contributed by atoms with Crippen LogP contribution in [0, 0.1) is 0 Å². The average Bonchev–Trinajstić information content (AvgIpc) is 2.45. The summed E-state index contributed by atoms with van der Waals surface area (Å²) >= 11 is 0. The highest BCUT2D eigenvalue weighted by atomic mass is 19.4. The highest BCUT2D eigenvalue weighted by molar-refractivity contribution is 5.99. The van der Waals surface area contributed by atoms with Crippen LogP contribution in [-0.2, 0) is 12.7 Å². The topological polar surface area (TPSA) is 68.0 Å². The molecule has 0 spiro atoms. The van der Waals surface area contributed by atoms with Gasteiger partial charge in [0.2, 0.25) is 0 Å². The highest BCUT2D eigenvalue weighted by Gasteiger charge is 2.34. The van der Waals surface area contributed by atoms with E-state index in [4.69, 9.17) is 5.73 Å². The van der Waals surface area contributed by atoms with E-state index in [-0.39, 0.29) is 12.1 Å². The standard InChI is InChI=1S/C14H12F3N3O/c15-14(16,17)11-6-3-5-10(12(11)18)13(21)20-8-9-4-1-2-7-19-9/h1-7H,8,18H2,(H,20,21). The summed E-state index contributed by atoms with van der Waals surface area (Å²) in [4.78, 5) is 15.9. The van der Waals surface area contributed by atoms with E-state index in [0.29, 0.717) is 5.69 Å². The summed E-state index contributed by atoms with van der Waals surface area (Å²) < 4.78 is 38.2. The second kappa shape index (κ2) is 5.82. The Hall–Kier alpha value is -2.57. The minimum Gasteiger partial charge on any atom is -0.398 e. The zero-order chi connectivity index (χ0) is 15.5. The largest absolute Gasteiger partial charge is 0.418 e. The number of halogens is 3. The maximum absolute atomic E-state index is 12.7. The molecule has 0 unspecified atom stereocenters. The molecule has 0 aliphatic heterocycles. The van der Waals surface area contributed by atoms with Crippen LogP contribution in [0.5, 0.6) is 0 Å². The minimum atomic E-state index is -4.60. The summed E-state index contributed by atoms with van der Waals surface area (Å²) in [6.45, 7) is 0.107. The first kappa shape index (κ1) is 14.8. The number of hydrogen-bond acceptors (Lipinski definition) is 3. The van der Waals surface area contributed by atoms with E-state index < -0.39 is 23.3 Å². The Labute approximate surface area is 118 Å². The van der Waals surface area contributed by atoms with Crippen LogP contribution in [0.4, 0.5) is 18.9 Å². The number of anilines is 1. The van der Waals surface area contributed by atoms with Crippen molar-refractivity contribution in [2.24, 2.45) is 0 Å². The van der Waals surface area contributed by atoms with Crippen LogP contribution in [0.25, 0.3) is 0 Å². The number of pyridine rings is 1. The SMILES string of the molecule is Nc1c(C(=O)NCc2ccccn2)cccc1C(F)(F)F. The monoisotopic (exact) mass is 295 g/mol. The van der Waals surface area contributed by atoms with Crippen LogP contribution in [0.2, 0.25) is 0 Å². The van der Waals surface area contributed by atoms with Crippen LogP contribution in [0.3, 0.4) is 0 Å². The molecule has 1 aromatic heterocycles. The molecule has 21 heavy (non-hydrogen) atoms. The molecule has 0 aliphatic carbocycles. The molecule has 4 nitrogen and oxygen atoms in total. The van der Waals surface area contributed by atoms with Gasteiger partial charge in [-0.15, -0.1) is 0 Å². The number of nitrogen functional groups attached to an aromatic ring is 1. The molecule has 0 saturated carbocycles. The number of nitrogens with zero attached hydrogens (tertiary/aromatic N) is 1. The smallest absolute Gasteiger partial charge is 0.398 e. The molecule has 0 aliphatic rings. The van der Waals surface area contributed by atoms with Crippen molar-refractivity contribution >= 4 is 11.6 Å². The normalized spacial score (nSPS) is 11.2. The summed E-state index contributed by atoms with van der Waals surface area (Å²) in [6.07, 6.45) is -3.04. The van der Waals surface area contributed by atoms with E-state index in [2.05, 4.69) is 10.3 Å². The fourth-order valence-electron chi connectivity index (χ4n) is 1.78. The Morgan fingerprint density at radius 1 is 1.19 bits per heavy atom. The molecule has 0 atom stereocenters. The van der Waals surface area contributed by atoms with Crippen LogP contribution in [0.15, 0.2) is 42.6 Å². The van der Waals surface area contributed by atoms with E-state index in [9.17, 15) is 18.0 Å². The number of hydrogen-bond donors (Lipinski definition) is 2. The highest BCUT2D eigenvalue weighted by Crippen LogP contribution is 2.34. The number of carbonyl (C=O) groups excluding carboxylic acids is 1. The number of alkyl halides is 3. The Morgan fingerprint density at radius 3 is 2.57 bits per heavy atom. The minimum absolute atomic E-state index is 0.107. The van der Waals surface area contributed by atoms with Gasteiger partial charge in [-0.2, -0.15) is 13.2 Å². The summed E-state index contributed by atoms with van der Waals surface area (Å²) in [5.74, 6) is -0.677. The van der Waals surface area contributed by atoms with E-state index >= 15 is 0 Å². The first-order chi connectivity index (χ1) is 9.89.